The van der Waals surface area contributed by atoms with Crippen molar-refractivity contribution in [2.75, 3.05) is 6.54 Å². The minimum Gasteiger partial charge on any atom is -0.481 e. The van der Waals surface area contributed by atoms with Crippen LogP contribution in [0.3, 0.4) is 0 Å². The molecule has 1 aliphatic carbocycles. The molecule has 0 aromatic rings. The number of carboxylic acid groups (broad SMARTS) is 1. The average molecular weight is 285 g/mol. The second kappa shape index (κ2) is 5.48. The molecule has 18 heavy (non-hydrogen) atoms. The van der Waals surface area contributed by atoms with Gasteiger partial charge in [0, 0.05) is 6.54 Å². The van der Waals surface area contributed by atoms with Crippen molar-refractivity contribution in [1.82, 2.24) is 4.72 Å². The molecule has 1 rings (SSSR count). The molecule has 1 aliphatic rings. The highest BCUT2D eigenvalue weighted by atomic mass is 32.2. The summed E-state index contributed by atoms with van der Waals surface area (Å²) in [7, 11) is -4.73. The summed E-state index contributed by atoms with van der Waals surface area (Å²) in [5.41, 5.74) is -1.26. The zero-order chi connectivity index (χ0) is 14.0. The van der Waals surface area contributed by atoms with Crippen molar-refractivity contribution in [3.8, 4) is 0 Å². The summed E-state index contributed by atoms with van der Waals surface area (Å²) in [5, 5.41) is 9.19. The largest absolute Gasteiger partial charge is 0.481 e. The van der Waals surface area contributed by atoms with Gasteiger partial charge in [0.15, 0.2) is 0 Å². The normalized spacial score (nSPS) is 29.4. The molecule has 0 unspecified atom stereocenters. The van der Waals surface area contributed by atoms with Crippen molar-refractivity contribution in [2.24, 2.45) is 11.3 Å². The topological polar surface area (TPSA) is 83.5 Å². The second-order valence-corrected chi connectivity index (χ2v) is 6.63. The minimum atomic E-state index is -4.73. The second-order valence-electron chi connectivity index (χ2n) is 4.89. The Hall–Kier alpha value is -0.760. The first kappa shape index (κ1) is 15.3. The van der Waals surface area contributed by atoms with Crippen LogP contribution in [0.5, 0.6) is 0 Å². The number of carboxylic acids is 1. The fourth-order valence-electron chi connectivity index (χ4n) is 2.08. The fourth-order valence-corrected chi connectivity index (χ4v) is 2.69. The maximum absolute atomic E-state index is 12.2. The first-order valence-electron chi connectivity index (χ1n) is 5.70. The Morgan fingerprint density at radius 3 is 2.33 bits per heavy atom. The first-order chi connectivity index (χ1) is 8.19. The van der Waals surface area contributed by atoms with Gasteiger partial charge in [-0.2, -0.15) is 8.78 Å². The molecule has 0 amide bonds. The van der Waals surface area contributed by atoms with Gasteiger partial charge in [-0.1, -0.05) is 6.92 Å². The number of halogens is 2. The van der Waals surface area contributed by atoms with E-state index in [4.69, 9.17) is 0 Å². The van der Waals surface area contributed by atoms with Gasteiger partial charge in [0.25, 0.3) is 10.0 Å². The third-order valence-corrected chi connectivity index (χ3v) is 4.55. The highest BCUT2D eigenvalue weighted by molar-refractivity contribution is 7.89. The molecule has 1 saturated carbocycles. The van der Waals surface area contributed by atoms with E-state index in [1.165, 1.54) is 0 Å². The number of alkyl halides is 2. The van der Waals surface area contributed by atoms with Gasteiger partial charge < -0.3 is 5.11 Å². The van der Waals surface area contributed by atoms with Crippen molar-refractivity contribution in [3.63, 3.8) is 0 Å². The molecule has 0 aromatic heterocycles. The first-order valence-corrected chi connectivity index (χ1v) is 7.24. The number of carbonyl (C=O) groups is 1. The van der Waals surface area contributed by atoms with E-state index < -0.39 is 33.7 Å². The van der Waals surface area contributed by atoms with Crippen molar-refractivity contribution in [1.29, 1.82) is 0 Å². The lowest BCUT2D eigenvalue weighted by Gasteiger charge is -2.35. The molecular formula is C10H17F2NO4S. The van der Waals surface area contributed by atoms with Gasteiger partial charge in [-0.25, -0.2) is 13.1 Å². The molecular weight excluding hydrogens is 268 g/mol. The Labute approximate surface area is 105 Å². The summed E-state index contributed by atoms with van der Waals surface area (Å²) in [6.07, 6.45) is 1.91. The number of hydrogen-bond donors (Lipinski definition) is 2. The molecule has 0 aliphatic heterocycles. The fraction of sp³-hybridized carbons (Fsp3) is 0.900. The highest BCUT2D eigenvalue weighted by Crippen LogP contribution is 2.38. The summed E-state index contributed by atoms with van der Waals surface area (Å²) in [6, 6.07) is 0. The average Bonchev–Trinajstić information content (AvgIpc) is 2.28. The smallest absolute Gasteiger partial charge is 0.350 e. The molecule has 2 N–H and O–H groups in total. The number of nitrogens with one attached hydrogen (secondary N) is 1. The predicted octanol–water partition coefficient (Wildman–Crippen LogP) is 1.41. The molecule has 5 nitrogen and oxygen atoms in total. The van der Waals surface area contributed by atoms with Crippen molar-refractivity contribution in [3.05, 3.63) is 0 Å². The lowest BCUT2D eigenvalue weighted by Crippen LogP contribution is -2.46. The van der Waals surface area contributed by atoms with Gasteiger partial charge in [-0.15, -0.1) is 0 Å². The molecule has 0 atom stereocenters. The summed E-state index contributed by atoms with van der Waals surface area (Å²) >= 11 is 0. The van der Waals surface area contributed by atoms with Gasteiger partial charge in [0.1, 0.15) is 0 Å². The van der Waals surface area contributed by atoms with Crippen LogP contribution >= 0.6 is 0 Å². The van der Waals surface area contributed by atoms with Crippen LogP contribution in [0.25, 0.3) is 0 Å². The number of sulfonamides is 1. The third kappa shape index (κ3) is 3.38. The van der Waals surface area contributed by atoms with Gasteiger partial charge in [-0.3, -0.25) is 4.79 Å². The molecule has 0 saturated heterocycles. The van der Waals surface area contributed by atoms with E-state index in [-0.39, 0.29) is 0 Å². The van der Waals surface area contributed by atoms with Gasteiger partial charge >= 0.3 is 11.7 Å². The van der Waals surface area contributed by atoms with Crippen molar-refractivity contribution < 1.29 is 27.1 Å². The SMILES string of the molecule is CC1CCC(CNS(=O)(=O)C(F)F)(C(=O)O)CC1. The quantitative estimate of drug-likeness (QED) is 0.800. The number of aliphatic carboxylic acids is 1. The van der Waals surface area contributed by atoms with E-state index >= 15 is 0 Å². The van der Waals surface area contributed by atoms with Crippen LogP contribution in [0.1, 0.15) is 32.6 Å². The van der Waals surface area contributed by atoms with Crippen molar-refractivity contribution in [2.45, 2.75) is 38.4 Å². The molecule has 106 valence electrons. The van der Waals surface area contributed by atoms with E-state index in [0.717, 1.165) is 0 Å². The minimum absolute atomic E-state index is 0.301. The Balaban J connectivity index is 2.74. The van der Waals surface area contributed by atoms with Crippen molar-refractivity contribution >= 4 is 16.0 Å². The van der Waals surface area contributed by atoms with Crippen LogP contribution in [0, 0.1) is 11.3 Å². The van der Waals surface area contributed by atoms with Crippen LogP contribution in [0.4, 0.5) is 8.78 Å². The lowest BCUT2D eigenvalue weighted by molar-refractivity contribution is -0.151. The molecule has 0 spiro atoms. The Morgan fingerprint density at radius 2 is 1.94 bits per heavy atom. The number of hydrogen-bond acceptors (Lipinski definition) is 3. The van der Waals surface area contributed by atoms with E-state index in [9.17, 15) is 27.1 Å². The van der Waals surface area contributed by atoms with Gasteiger partial charge in [0.2, 0.25) is 0 Å². The molecule has 0 radical (unpaired) electrons. The summed E-state index contributed by atoms with van der Waals surface area (Å²) in [4.78, 5) is 11.2. The number of rotatable bonds is 5. The molecule has 0 aromatic carbocycles. The molecule has 8 heteroatoms. The standard InChI is InChI=1S/C10H17F2NO4S/c1-7-2-4-10(5-3-7,8(14)15)6-13-18(16,17)9(11)12/h7,9,13H,2-6H2,1H3,(H,14,15). The summed E-state index contributed by atoms with van der Waals surface area (Å²) in [5.74, 6) is -4.29. The highest BCUT2D eigenvalue weighted by Gasteiger charge is 2.42. The Bertz CT molecular complexity index is 402. The van der Waals surface area contributed by atoms with Crippen LogP contribution in [-0.4, -0.2) is 31.8 Å². The predicted molar refractivity (Wildman–Crippen MR) is 60.6 cm³/mol. The maximum atomic E-state index is 12.2. The molecule has 1 fully saturated rings. The Kier molecular flexibility index (Phi) is 4.66. The molecule has 0 heterocycles. The van der Waals surface area contributed by atoms with Crippen LogP contribution < -0.4 is 4.72 Å². The summed E-state index contributed by atoms with van der Waals surface area (Å²) in [6.45, 7) is 1.51. The lowest BCUT2D eigenvalue weighted by atomic mass is 9.71. The van der Waals surface area contributed by atoms with Crippen LogP contribution in [-0.2, 0) is 14.8 Å². The summed E-state index contributed by atoms with van der Waals surface area (Å²) < 4.78 is 47.9. The zero-order valence-electron chi connectivity index (χ0n) is 10.0. The van der Waals surface area contributed by atoms with Gasteiger partial charge in [0.05, 0.1) is 5.41 Å². The zero-order valence-corrected chi connectivity index (χ0v) is 10.8. The van der Waals surface area contributed by atoms with E-state index in [2.05, 4.69) is 0 Å². The third-order valence-electron chi connectivity index (χ3n) is 3.53. The van der Waals surface area contributed by atoms with Crippen LogP contribution in [0.2, 0.25) is 0 Å². The maximum Gasteiger partial charge on any atom is 0.350 e. The molecule has 0 bridgehead atoms. The van der Waals surface area contributed by atoms with Gasteiger partial charge in [-0.05, 0) is 31.6 Å². The van der Waals surface area contributed by atoms with E-state index in [1.54, 1.807) is 4.72 Å². The van der Waals surface area contributed by atoms with E-state index in [1.807, 2.05) is 6.92 Å². The van der Waals surface area contributed by atoms with E-state index in [0.29, 0.717) is 31.6 Å². The monoisotopic (exact) mass is 285 g/mol. The Morgan fingerprint density at radius 1 is 1.44 bits per heavy atom. The van der Waals surface area contributed by atoms with Crippen LogP contribution in [0.15, 0.2) is 0 Å².